The van der Waals surface area contributed by atoms with Crippen LogP contribution >= 0.6 is 0 Å². The number of nitrogens with zero attached hydrogens (tertiary/aromatic N) is 2. The van der Waals surface area contributed by atoms with Crippen molar-refractivity contribution < 1.29 is 0 Å². The zero-order valence-electron chi connectivity index (χ0n) is 9.89. The summed E-state index contributed by atoms with van der Waals surface area (Å²) in [6.45, 7) is 0.770. The summed E-state index contributed by atoms with van der Waals surface area (Å²) in [5, 5.41) is 7.21. The van der Waals surface area contributed by atoms with Gasteiger partial charge >= 0.3 is 0 Å². The van der Waals surface area contributed by atoms with Crippen molar-refractivity contribution in [3.63, 3.8) is 0 Å². The predicted octanol–water partition coefficient (Wildman–Crippen LogP) is 2.14. The van der Waals surface area contributed by atoms with Gasteiger partial charge in [-0.3, -0.25) is 5.10 Å². The number of aromatic amines is 1. The molecule has 2 aromatic rings. The molecular formula is C13H18N4. The van der Waals surface area contributed by atoms with Crippen molar-refractivity contribution >= 4 is 0 Å². The van der Waals surface area contributed by atoms with Gasteiger partial charge in [0.05, 0.1) is 0 Å². The largest absolute Gasteiger partial charge is 0.330 e. The van der Waals surface area contributed by atoms with Gasteiger partial charge in [-0.25, -0.2) is 4.98 Å². The average molecular weight is 230 g/mol. The molecule has 0 aliphatic heterocycles. The molecule has 1 aromatic carbocycles. The van der Waals surface area contributed by atoms with E-state index >= 15 is 0 Å². The predicted molar refractivity (Wildman–Crippen MR) is 68.4 cm³/mol. The Labute approximate surface area is 101 Å². The van der Waals surface area contributed by atoms with Gasteiger partial charge < -0.3 is 5.73 Å². The molecule has 0 radical (unpaired) electrons. The third-order valence-electron chi connectivity index (χ3n) is 2.68. The van der Waals surface area contributed by atoms with Crippen LogP contribution in [0.5, 0.6) is 0 Å². The van der Waals surface area contributed by atoms with Crippen molar-refractivity contribution in [1.29, 1.82) is 0 Å². The molecule has 0 fully saturated rings. The van der Waals surface area contributed by atoms with Gasteiger partial charge in [-0.2, -0.15) is 5.10 Å². The van der Waals surface area contributed by atoms with Gasteiger partial charge in [-0.05, 0) is 19.4 Å². The number of rotatable bonds is 6. The Morgan fingerprint density at radius 1 is 1.06 bits per heavy atom. The van der Waals surface area contributed by atoms with E-state index in [1.807, 2.05) is 30.3 Å². The molecule has 0 spiro atoms. The summed E-state index contributed by atoms with van der Waals surface area (Å²) in [5.74, 6) is 1.74. The molecule has 4 nitrogen and oxygen atoms in total. The standard InChI is InChI=1S/C13H18N4/c14-10-6-2-5-9-12-15-13(17-16-12)11-7-3-1-4-8-11/h1,3-4,7-8H,2,5-6,9-10,14H2,(H,15,16,17). The third-order valence-corrected chi connectivity index (χ3v) is 2.68. The molecule has 1 aromatic heterocycles. The molecule has 0 saturated heterocycles. The number of nitrogens with two attached hydrogens (primary N) is 1. The Morgan fingerprint density at radius 3 is 2.65 bits per heavy atom. The van der Waals surface area contributed by atoms with Gasteiger partial charge in [-0.1, -0.05) is 36.8 Å². The fourth-order valence-corrected chi connectivity index (χ4v) is 1.74. The van der Waals surface area contributed by atoms with Gasteiger partial charge in [0.2, 0.25) is 0 Å². The van der Waals surface area contributed by atoms with Crippen LogP contribution in [-0.2, 0) is 6.42 Å². The topological polar surface area (TPSA) is 67.6 Å². The van der Waals surface area contributed by atoms with Gasteiger partial charge in [0.15, 0.2) is 5.82 Å². The van der Waals surface area contributed by atoms with Gasteiger partial charge in [-0.15, -0.1) is 0 Å². The third kappa shape index (κ3) is 3.39. The van der Waals surface area contributed by atoms with Gasteiger partial charge in [0, 0.05) is 12.0 Å². The van der Waals surface area contributed by atoms with Crippen LogP contribution < -0.4 is 5.73 Å². The van der Waals surface area contributed by atoms with Crippen molar-refractivity contribution in [2.45, 2.75) is 25.7 Å². The fraction of sp³-hybridized carbons (Fsp3) is 0.385. The minimum absolute atomic E-state index is 0.770. The number of hydrogen-bond acceptors (Lipinski definition) is 3. The first-order valence-electron chi connectivity index (χ1n) is 6.07. The summed E-state index contributed by atoms with van der Waals surface area (Å²) in [7, 11) is 0. The van der Waals surface area contributed by atoms with Crippen LogP contribution in [0.1, 0.15) is 25.1 Å². The second kappa shape index (κ2) is 6.15. The molecule has 2 rings (SSSR count). The molecule has 4 heteroatoms. The molecular weight excluding hydrogens is 212 g/mol. The summed E-state index contributed by atoms with van der Waals surface area (Å²) < 4.78 is 0. The highest BCUT2D eigenvalue weighted by molar-refractivity contribution is 5.53. The van der Waals surface area contributed by atoms with Crippen LogP contribution in [0.2, 0.25) is 0 Å². The molecule has 0 aliphatic rings. The molecule has 0 bridgehead atoms. The first kappa shape index (κ1) is 11.8. The first-order valence-corrected chi connectivity index (χ1v) is 6.07. The van der Waals surface area contributed by atoms with Gasteiger partial charge in [0.1, 0.15) is 5.82 Å². The second-order valence-corrected chi connectivity index (χ2v) is 4.07. The quantitative estimate of drug-likeness (QED) is 0.747. The molecule has 17 heavy (non-hydrogen) atoms. The van der Waals surface area contributed by atoms with Crippen molar-refractivity contribution in [3.05, 3.63) is 36.2 Å². The number of nitrogens with one attached hydrogen (secondary N) is 1. The Kier molecular flexibility index (Phi) is 4.27. The average Bonchev–Trinajstić information content (AvgIpc) is 2.85. The maximum Gasteiger partial charge on any atom is 0.181 e. The zero-order valence-corrected chi connectivity index (χ0v) is 9.89. The van der Waals surface area contributed by atoms with Crippen LogP contribution in [-0.4, -0.2) is 21.7 Å². The molecule has 0 unspecified atom stereocenters. The number of aromatic nitrogens is 3. The molecule has 90 valence electrons. The first-order chi connectivity index (χ1) is 8.40. The number of aryl methyl sites for hydroxylation is 1. The summed E-state index contributed by atoms with van der Waals surface area (Å²) in [6, 6.07) is 10.0. The van der Waals surface area contributed by atoms with Crippen LogP contribution in [0.3, 0.4) is 0 Å². The van der Waals surface area contributed by atoms with E-state index in [0.29, 0.717) is 0 Å². The lowest BCUT2D eigenvalue weighted by atomic mass is 10.2. The van der Waals surface area contributed by atoms with E-state index in [-0.39, 0.29) is 0 Å². The smallest absolute Gasteiger partial charge is 0.181 e. The van der Waals surface area contributed by atoms with Crippen LogP contribution in [0.4, 0.5) is 0 Å². The lowest BCUT2D eigenvalue weighted by Crippen LogP contribution is -1.98. The summed E-state index contributed by atoms with van der Waals surface area (Å²) in [5.41, 5.74) is 6.51. The minimum Gasteiger partial charge on any atom is -0.330 e. The molecule has 0 saturated carbocycles. The van der Waals surface area contributed by atoms with E-state index in [4.69, 9.17) is 5.73 Å². The summed E-state index contributed by atoms with van der Waals surface area (Å²) in [6.07, 6.45) is 4.29. The number of H-pyrrole nitrogens is 1. The molecule has 0 atom stereocenters. The highest BCUT2D eigenvalue weighted by Gasteiger charge is 2.04. The maximum absolute atomic E-state index is 5.45. The highest BCUT2D eigenvalue weighted by Crippen LogP contribution is 2.14. The second-order valence-electron chi connectivity index (χ2n) is 4.07. The normalized spacial score (nSPS) is 10.6. The van der Waals surface area contributed by atoms with Crippen molar-refractivity contribution in [2.75, 3.05) is 6.54 Å². The number of unbranched alkanes of at least 4 members (excludes halogenated alkanes) is 2. The van der Waals surface area contributed by atoms with E-state index in [2.05, 4.69) is 15.2 Å². The highest BCUT2D eigenvalue weighted by atomic mass is 15.2. The van der Waals surface area contributed by atoms with Crippen molar-refractivity contribution in [2.24, 2.45) is 5.73 Å². The minimum atomic E-state index is 0.770. The Balaban J connectivity index is 1.92. The Bertz CT molecular complexity index is 436. The molecule has 0 amide bonds. The van der Waals surface area contributed by atoms with E-state index < -0.39 is 0 Å². The zero-order chi connectivity index (χ0) is 11.9. The molecule has 0 aliphatic carbocycles. The Morgan fingerprint density at radius 2 is 1.88 bits per heavy atom. The molecule has 3 N–H and O–H groups in total. The Hall–Kier alpha value is -1.68. The van der Waals surface area contributed by atoms with Crippen molar-refractivity contribution in [1.82, 2.24) is 15.2 Å². The lowest BCUT2D eigenvalue weighted by molar-refractivity contribution is 0.670. The maximum atomic E-state index is 5.45. The van der Waals surface area contributed by atoms with Gasteiger partial charge in [0.25, 0.3) is 0 Å². The fourth-order valence-electron chi connectivity index (χ4n) is 1.74. The van der Waals surface area contributed by atoms with E-state index in [1.54, 1.807) is 0 Å². The van der Waals surface area contributed by atoms with Crippen molar-refractivity contribution in [3.8, 4) is 11.4 Å². The van der Waals surface area contributed by atoms with E-state index in [9.17, 15) is 0 Å². The van der Waals surface area contributed by atoms with E-state index in [1.165, 1.54) is 0 Å². The van der Waals surface area contributed by atoms with Crippen LogP contribution in [0.15, 0.2) is 30.3 Å². The number of hydrogen-bond donors (Lipinski definition) is 2. The summed E-state index contributed by atoms with van der Waals surface area (Å²) >= 11 is 0. The monoisotopic (exact) mass is 230 g/mol. The van der Waals surface area contributed by atoms with Crippen LogP contribution in [0, 0.1) is 0 Å². The van der Waals surface area contributed by atoms with E-state index in [0.717, 1.165) is 49.4 Å². The summed E-state index contributed by atoms with van der Waals surface area (Å²) in [4.78, 5) is 4.48. The number of benzene rings is 1. The van der Waals surface area contributed by atoms with Crippen LogP contribution in [0.25, 0.3) is 11.4 Å². The SMILES string of the molecule is NCCCCCc1nc(-c2ccccc2)n[nH]1. The lowest BCUT2D eigenvalue weighted by Gasteiger charge is -1.95. The molecule has 1 heterocycles.